The average molecular weight is 1580 g/mol. The van der Waals surface area contributed by atoms with Crippen molar-refractivity contribution in [3.05, 3.63) is 325 Å². The number of hydrogen-bond acceptors (Lipinski definition) is 4. The summed E-state index contributed by atoms with van der Waals surface area (Å²) < 4.78 is 23.4. The second-order valence-electron chi connectivity index (χ2n) is 40.9. The summed E-state index contributed by atoms with van der Waals surface area (Å²) in [6.07, 6.45) is 0. The first kappa shape index (κ1) is 75.2. The Kier molecular flexibility index (Phi) is 16.2. The largest absolute Gasteiger partial charge is 0.456 e. The van der Waals surface area contributed by atoms with Crippen molar-refractivity contribution in [2.75, 3.05) is 9.80 Å². The molecular formula is C114H102BN5O2. The summed E-state index contributed by atoms with van der Waals surface area (Å²) in [6, 6.07) is 112. The zero-order valence-corrected chi connectivity index (χ0v) is 73.3. The lowest BCUT2D eigenvalue weighted by Crippen LogP contribution is -2.61. The van der Waals surface area contributed by atoms with E-state index >= 15 is 0 Å². The third kappa shape index (κ3) is 11.4. The number of rotatable bonds is 3. The molecule has 0 spiro atoms. The Morgan fingerprint density at radius 3 is 0.844 bits per heavy atom. The second kappa shape index (κ2) is 26.2. The van der Waals surface area contributed by atoms with Crippen LogP contribution in [0.5, 0.6) is 23.0 Å². The van der Waals surface area contributed by atoms with Gasteiger partial charge in [-0.3, -0.25) is 0 Å². The van der Waals surface area contributed by atoms with Crippen LogP contribution in [-0.4, -0.2) is 20.4 Å². The van der Waals surface area contributed by atoms with Crippen molar-refractivity contribution in [1.82, 2.24) is 13.7 Å². The van der Waals surface area contributed by atoms with E-state index in [-0.39, 0.29) is 32.5 Å². The zero-order valence-electron chi connectivity index (χ0n) is 73.3. The molecule has 0 aliphatic carbocycles. The predicted molar refractivity (Wildman–Crippen MR) is 518 cm³/mol. The first-order valence-corrected chi connectivity index (χ1v) is 43.7. The van der Waals surface area contributed by atoms with Crippen LogP contribution in [0.15, 0.2) is 291 Å². The highest BCUT2D eigenvalue weighted by Gasteiger charge is 2.49. The lowest BCUT2D eigenvalue weighted by molar-refractivity contribution is 0.486. The van der Waals surface area contributed by atoms with E-state index in [1.807, 2.05) is 0 Å². The Bertz CT molecular complexity index is 6960. The van der Waals surface area contributed by atoms with Gasteiger partial charge in [0.2, 0.25) is 0 Å². The Morgan fingerprint density at radius 1 is 0.221 bits per heavy atom. The summed E-state index contributed by atoms with van der Waals surface area (Å²) in [5.41, 5.74) is 34.6. The first-order chi connectivity index (χ1) is 58.3. The monoisotopic (exact) mass is 1580 g/mol. The highest BCUT2D eigenvalue weighted by Crippen LogP contribution is 2.60. The molecule has 7 heterocycles. The summed E-state index contributed by atoms with van der Waals surface area (Å²) in [7, 11) is 0. The van der Waals surface area contributed by atoms with Gasteiger partial charge < -0.3 is 33.0 Å². The van der Waals surface area contributed by atoms with E-state index < -0.39 is 6.71 Å². The Hall–Kier alpha value is -13.0. The normalized spacial score (nSPS) is 13.7. The molecule has 8 heteroatoms. The maximum atomic E-state index is 7.82. The van der Waals surface area contributed by atoms with E-state index in [0.29, 0.717) is 0 Å². The van der Waals surface area contributed by atoms with Gasteiger partial charge in [0.25, 0.3) is 6.71 Å². The van der Waals surface area contributed by atoms with E-state index in [9.17, 15) is 0 Å². The summed E-state index contributed by atoms with van der Waals surface area (Å²) >= 11 is 0. The van der Waals surface area contributed by atoms with Gasteiger partial charge in [-0.25, -0.2) is 0 Å². The molecule has 0 atom stereocenters. The SMILES string of the molecule is CC(C)(C)c1ccc2c(c1)-c1ccccc1Oc1ccccc1-c1c(-n3c4ccc(C(C)(C)C)cc4c4cc(C(C)(C)C)ccc43)ccc3c1N2c1cc(-n2c4ccccc4c4ccccc42)cc2c1B3c1ccc(-n3c4ccc(C(C)(C)C)cc4c4cc(C(C)(C)C)ccc43)c3c1N2c1ccc(C(C)(C)C)cc1-c1ccccc1Oc1ccccc1-3. The van der Waals surface area contributed by atoms with Crippen LogP contribution in [-0.2, 0) is 32.5 Å². The fourth-order valence-corrected chi connectivity index (χ4v) is 20.4. The van der Waals surface area contributed by atoms with Gasteiger partial charge in [0, 0.05) is 88.2 Å². The number of ether oxygens (including phenoxy) is 2. The highest BCUT2D eigenvalue weighted by molar-refractivity contribution is 7.00. The molecule has 0 amide bonds. The standard InChI is InChI=1S/C114H102BN5O2/c1-109(2,3)67-47-55-94-80(59-67)76-33-21-27-39-100(76)121-102-41-29-23-35-78(102)104-96(117-90-51-43-69(111(7,8)9)61-82(90)83-62-70(112(10,11)12)44-52-91(83)117)57-49-86-107(104)119(94)98-65-73(116-88-37-25-19-31-74(88)75-32-20-26-38-89(75)116)66-99-106(98)115(86)87-50-58-97(118-92-53-45-71(113(13,14)15)63-84(92)85-64-72(114(16,17)18)46-54-93(85)118)105-79-36-24-30-42-103(79)122-101-40-28-22-34-77(101)81-60-68(110(4,5)6)48-56-95(81)120(99)108(87)105/h19-66H,1-18H3. The van der Waals surface area contributed by atoms with Crippen LogP contribution in [0.3, 0.4) is 0 Å². The van der Waals surface area contributed by atoms with E-state index in [0.717, 1.165) is 163 Å². The molecule has 0 unspecified atom stereocenters. The molecule has 0 N–H and O–H groups in total. The van der Waals surface area contributed by atoms with Crippen LogP contribution in [0.25, 0.3) is 127 Å². The van der Waals surface area contributed by atoms with E-state index in [4.69, 9.17) is 9.47 Å². The number of para-hydroxylation sites is 6. The molecule has 22 rings (SSSR count). The van der Waals surface area contributed by atoms with Crippen molar-refractivity contribution in [3.8, 4) is 84.6 Å². The van der Waals surface area contributed by atoms with Gasteiger partial charge in [0.15, 0.2) is 0 Å². The third-order valence-corrected chi connectivity index (χ3v) is 27.0. The summed E-state index contributed by atoms with van der Waals surface area (Å²) in [5, 5.41) is 7.25. The molecule has 4 aliphatic rings. The molecular weight excluding hydrogens is 1480 g/mol. The van der Waals surface area contributed by atoms with Crippen molar-refractivity contribution in [2.45, 2.75) is 157 Å². The fraction of sp³-hybridized carbons (Fsp3) is 0.211. The molecule has 15 aromatic carbocycles. The molecule has 122 heavy (non-hydrogen) atoms. The van der Waals surface area contributed by atoms with E-state index in [2.05, 4.69) is 439 Å². The Balaban J connectivity index is 0.984. The number of aromatic nitrogens is 3. The molecule has 7 nitrogen and oxygen atoms in total. The maximum absolute atomic E-state index is 7.82. The second-order valence-corrected chi connectivity index (χ2v) is 40.9. The van der Waals surface area contributed by atoms with Gasteiger partial charge in [-0.1, -0.05) is 282 Å². The molecule has 18 aromatic rings. The number of hydrogen-bond donors (Lipinski definition) is 0. The highest BCUT2D eigenvalue weighted by atomic mass is 16.5. The molecule has 0 radical (unpaired) electrons. The smallest absolute Gasteiger partial charge is 0.252 e. The molecule has 0 saturated carbocycles. The quantitative estimate of drug-likeness (QED) is 0.165. The van der Waals surface area contributed by atoms with Crippen molar-refractivity contribution in [1.29, 1.82) is 0 Å². The summed E-state index contributed by atoms with van der Waals surface area (Å²) in [5.74, 6) is 3.07. The van der Waals surface area contributed by atoms with E-state index in [1.165, 1.54) is 71.2 Å². The molecule has 3 aromatic heterocycles. The Labute approximate surface area is 717 Å². The predicted octanol–water partition coefficient (Wildman–Crippen LogP) is 29.7. The first-order valence-electron chi connectivity index (χ1n) is 43.7. The fourth-order valence-electron chi connectivity index (χ4n) is 20.4. The molecule has 0 fully saturated rings. The number of benzene rings is 15. The minimum absolute atomic E-state index is 0.122. The summed E-state index contributed by atoms with van der Waals surface area (Å²) in [6.45, 7) is 41.7. The third-order valence-electron chi connectivity index (χ3n) is 27.0. The molecule has 598 valence electrons. The van der Waals surface area contributed by atoms with Gasteiger partial charge in [0.05, 0.1) is 72.9 Å². The van der Waals surface area contributed by atoms with Gasteiger partial charge >= 0.3 is 0 Å². The topological polar surface area (TPSA) is 39.7 Å². The van der Waals surface area contributed by atoms with Crippen molar-refractivity contribution >= 4 is 123 Å². The summed E-state index contributed by atoms with van der Waals surface area (Å²) in [4.78, 5) is 5.48. The van der Waals surface area contributed by atoms with Crippen LogP contribution < -0.4 is 35.7 Å². The average Bonchev–Trinajstić information content (AvgIpc) is 0.788. The van der Waals surface area contributed by atoms with Crippen LogP contribution >= 0.6 is 0 Å². The van der Waals surface area contributed by atoms with Gasteiger partial charge in [0.1, 0.15) is 23.0 Å². The van der Waals surface area contributed by atoms with E-state index in [1.54, 1.807) is 0 Å². The van der Waals surface area contributed by atoms with Crippen LogP contribution in [0.4, 0.5) is 34.1 Å². The molecule has 0 saturated heterocycles. The molecule has 4 aliphatic heterocycles. The zero-order chi connectivity index (χ0) is 84.1. The van der Waals surface area contributed by atoms with Crippen molar-refractivity contribution < 1.29 is 9.47 Å². The van der Waals surface area contributed by atoms with Crippen molar-refractivity contribution in [3.63, 3.8) is 0 Å². The number of nitrogens with zero attached hydrogens (tertiary/aromatic N) is 5. The number of anilines is 6. The van der Waals surface area contributed by atoms with Crippen LogP contribution in [0.2, 0.25) is 0 Å². The van der Waals surface area contributed by atoms with Gasteiger partial charge in [-0.15, -0.1) is 0 Å². The van der Waals surface area contributed by atoms with Gasteiger partial charge in [-0.05, 0) is 216 Å². The van der Waals surface area contributed by atoms with Crippen LogP contribution in [0.1, 0.15) is 158 Å². The minimum Gasteiger partial charge on any atom is -0.456 e. The van der Waals surface area contributed by atoms with Crippen LogP contribution in [0, 0.1) is 0 Å². The molecule has 0 bridgehead atoms. The lowest BCUT2D eigenvalue weighted by atomic mass is 9.33. The lowest BCUT2D eigenvalue weighted by Gasteiger charge is -2.47. The maximum Gasteiger partial charge on any atom is 0.252 e. The van der Waals surface area contributed by atoms with Crippen molar-refractivity contribution in [2.24, 2.45) is 0 Å². The van der Waals surface area contributed by atoms with Gasteiger partial charge in [-0.2, -0.15) is 0 Å². The Morgan fingerprint density at radius 2 is 0.500 bits per heavy atom. The minimum atomic E-state index is -0.435. The number of fused-ring (bicyclic) bond motifs is 25.